The second-order valence-corrected chi connectivity index (χ2v) is 4.59. The SMILES string of the molecule is NCCCN1C(=O)CC(C2CC2)CC1=O. The molecule has 2 amide bonds. The van der Waals surface area contributed by atoms with Crippen molar-refractivity contribution in [1.82, 2.24) is 4.90 Å². The van der Waals surface area contributed by atoms with Crippen LogP contribution in [0.5, 0.6) is 0 Å². The first-order valence-electron chi connectivity index (χ1n) is 5.75. The number of rotatable bonds is 4. The number of amides is 2. The molecule has 1 saturated heterocycles. The van der Waals surface area contributed by atoms with Crippen molar-refractivity contribution in [3.8, 4) is 0 Å². The highest BCUT2D eigenvalue weighted by molar-refractivity contribution is 5.97. The molecule has 1 aliphatic carbocycles. The maximum atomic E-state index is 11.7. The van der Waals surface area contributed by atoms with E-state index in [0.29, 0.717) is 44.2 Å². The minimum atomic E-state index is 0.0107. The Kier molecular flexibility index (Phi) is 3.05. The van der Waals surface area contributed by atoms with Crippen LogP contribution in [0.25, 0.3) is 0 Å². The third-order valence-electron chi connectivity index (χ3n) is 3.35. The van der Waals surface area contributed by atoms with Gasteiger partial charge in [0.25, 0.3) is 0 Å². The lowest BCUT2D eigenvalue weighted by atomic mass is 9.91. The van der Waals surface area contributed by atoms with Crippen LogP contribution in [0.15, 0.2) is 0 Å². The molecule has 0 aromatic rings. The maximum Gasteiger partial charge on any atom is 0.229 e. The summed E-state index contributed by atoms with van der Waals surface area (Å²) in [6, 6.07) is 0. The van der Waals surface area contributed by atoms with Crippen LogP contribution in [0.4, 0.5) is 0 Å². The molecular weight excluding hydrogens is 192 g/mol. The molecule has 2 fully saturated rings. The summed E-state index contributed by atoms with van der Waals surface area (Å²) in [6.07, 6.45) is 4.26. The fourth-order valence-electron chi connectivity index (χ4n) is 2.28. The molecule has 0 spiro atoms. The molecule has 0 unspecified atom stereocenters. The molecule has 0 aromatic carbocycles. The lowest BCUT2D eigenvalue weighted by molar-refractivity contribution is -0.150. The van der Waals surface area contributed by atoms with E-state index in [1.54, 1.807) is 0 Å². The lowest BCUT2D eigenvalue weighted by Gasteiger charge is -2.29. The lowest BCUT2D eigenvalue weighted by Crippen LogP contribution is -2.44. The minimum Gasteiger partial charge on any atom is -0.330 e. The van der Waals surface area contributed by atoms with Gasteiger partial charge in [0, 0.05) is 19.4 Å². The zero-order valence-corrected chi connectivity index (χ0v) is 8.95. The van der Waals surface area contributed by atoms with Gasteiger partial charge < -0.3 is 5.73 Å². The molecule has 1 saturated carbocycles. The van der Waals surface area contributed by atoms with Crippen LogP contribution >= 0.6 is 0 Å². The van der Waals surface area contributed by atoms with Crippen LogP contribution in [-0.4, -0.2) is 29.8 Å². The third kappa shape index (κ3) is 2.37. The van der Waals surface area contributed by atoms with Crippen molar-refractivity contribution >= 4 is 11.8 Å². The average Bonchev–Trinajstić information content (AvgIpc) is 2.99. The van der Waals surface area contributed by atoms with E-state index in [4.69, 9.17) is 5.73 Å². The van der Waals surface area contributed by atoms with Crippen molar-refractivity contribution in [2.24, 2.45) is 17.6 Å². The van der Waals surface area contributed by atoms with Gasteiger partial charge in [-0.2, -0.15) is 0 Å². The fourth-order valence-corrected chi connectivity index (χ4v) is 2.28. The van der Waals surface area contributed by atoms with Crippen LogP contribution in [0.2, 0.25) is 0 Å². The Morgan fingerprint density at radius 2 is 1.73 bits per heavy atom. The summed E-state index contributed by atoms with van der Waals surface area (Å²) in [5, 5.41) is 0. The molecular formula is C11H18N2O2. The van der Waals surface area contributed by atoms with Crippen molar-refractivity contribution in [1.29, 1.82) is 0 Å². The first kappa shape index (κ1) is 10.6. The minimum absolute atomic E-state index is 0.0107. The van der Waals surface area contributed by atoms with Gasteiger partial charge in [-0.05, 0) is 37.6 Å². The molecule has 0 bridgehead atoms. The van der Waals surface area contributed by atoms with Crippen molar-refractivity contribution in [3.63, 3.8) is 0 Å². The molecule has 0 radical (unpaired) electrons. The predicted molar refractivity (Wildman–Crippen MR) is 55.8 cm³/mol. The van der Waals surface area contributed by atoms with Gasteiger partial charge in [-0.15, -0.1) is 0 Å². The molecule has 2 aliphatic rings. The number of likely N-dealkylation sites (tertiary alicyclic amines) is 1. The summed E-state index contributed by atoms with van der Waals surface area (Å²) in [5.74, 6) is 1.00. The Balaban J connectivity index is 1.91. The Bertz CT molecular complexity index is 256. The van der Waals surface area contributed by atoms with Crippen molar-refractivity contribution < 1.29 is 9.59 Å². The molecule has 1 aliphatic heterocycles. The van der Waals surface area contributed by atoms with Crippen LogP contribution in [0, 0.1) is 11.8 Å². The van der Waals surface area contributed by atoms with E-state index in [-0.39, 0.29) is 11.8 Å². The predicted octanol–water partition coefficient (Wildman–Crippen LogP) is 0.510. The van der Waals surface area contributed by atoms with Crippen LogP contribution < -0.4 is 5.73 Å². The van der Waals surface area contributed by atoms with E-state index in [2.05, 4.69) is 0 Å². The monoisotopic (exact) mass is 210 g/mol. The number of hydrogen-bond acceptors (Lipinski definition) is 3. The first-order valence-corrected chi connectivity index (χ1v) is 5.75. The number of carbonyl (C=O) groups is 2. The molecule has 84 valence electrons. The van der Waals surface area contributed by atoms with Gasteiger partial charge in [-0.25, -0.2) is 0 Å². The van der Waals surface area contributed by atoms with E-state index in [9.17, 15) is 9.59 Å². The van der Waals surface area contributed by atoms with Crippen molar-refractivity contribution in [2.45, 2.75) is 32.1 Å². The summed E-state index contributed by atoms with van der Waals surface area (Å²) < 4.78 is 0. The Hall–Kier alpha value is -0.900. The molecule has 0 aromatic heterocycles. The van der Waals surface area contributed by atoms with Gasteiger partial charge in [0.1, 0.15) is 0 Å². The Morgan fingerprint density at radius 1 is 1.13 bits per heavy atom. The smallest absolute Gasteiger partial charge is 0.229 e. The van der Waals surface area contributed by atoms with Crippen LogP contribution in [-0.2, 0) is 9.59 Å². The van der Waals surface area contributed by atoms with Gasteiger partial charge in [0.15, 0.2) is 0 Å². The van der Waals surface area contributed by atoms with Crippen LogP contribution in [0.3, 0.4) is 0 Å². The van der Waals surface area contributed by atoms with Gasteiger partial charge in [-0.3, -0.25) is 14.5 Å². The van der Waals surface area contributed by atoms with E-state index < -0.39 is 0 Å². The maximum absolute atomic E-state index is 11.7. The molecule has 1 heterocycles. The van der Waals surface area contributed by atoms with E-state index in [1.165, 1.54) is 17.7 Å². The first-order chi connectivity index (χ1) is 7.22. The van der Waals surface area contributed by atoms with E-state index in [0.717, 1.165) is 0 Å². The second kappa shape index (κ2) is 4.31. The van der Waals surface area contributed by atoms with Gasteiger partial charge >= 0.3 is 0 Å². The quantitative estimate of drug-likeness (QED) is 0.688. The van der Waals surface area contributed by atoms with Crippen molar-refractivity contribution in [3.05, 3.63) is 0 Å². The van der Waals surface area contributed by atoms with Gasteiger partial charge in [-0.1, -0.05) is 0 Å². The number of imide groups is 1. The second-order valence-electron chi connectivity index (χ2n) is 4.59. The molecule has 4 heteroatoms. The fraction of sp³-hybridized carbons (Fsp3) is 0.818. The Morgan fingerprint density at radius 3 is 2.20 bits per heavy atom. The highest BCUT2D eigenvalue weighted by atomic mass is 16.2. The highest BCUT2D eigenvalue weighted by Crippen LogP contribution is 2.42. The van der Waals surface area contributed by atoms with E-state index >= 15 is 0 Å². The van der Waals surface area contributed by atoms with Gasteiger partial charge in [0.2, 0.25) is 11.8 Å². The van der Waals surface area contributed by atoms with Gasteiger partial charge in [0.05, 0.1) is 0 Å². The summed E-state index contributed by atoms with van der Waals surface area (Å²) in [6.45, 7) is 1.04. The summed E-state index contributed by atoms with van der Waals surface area (Å²) in [5.41, 5.74) is 5.37. The number of nitrogens with two attached hydrogens (primary N) is 1. The largest absolute Gasteiger partial charge is 0.330 e. The molecule has 2 N–H and O–H groups in total. The molecule has 4 nitrogen and oxygen atoms in total. The number of hydrogen-bond donors (Lipinski definition) is 1. The Labute approximate surface area is 89.8 Å². The zero-order valence-electron chi connectivity index (χ0n) is 8.95. The molecule has 0 atom stereocenters. The normalized spacial score (nSPS) is 23.7. The number of nitrogens with zero attached hydrogens (tertiary/aromatic N) is 1. The zero-order chi connectivity index (χ0) is 10.8. The number of piperidine rings is 1. The molecule has 2 rings (SSSR count). The average molecular weight is 210 g/mol. The van der Waals surface area contributed by atoms with Crippen molar-refractivity contribution in [2.75, 3.05) is 13.1 Å². The standard InChI is InChI=1S/C11H18N2O2/c12-4-1-5-13-10(14)6-9(7-11(13)15)8-2-3-8/h8-9H,1-7,12H2. The van der Waals surface area contributed by atoms with Crippen LogP contribution in [0.1, 0.15) is 32.1 Å². The number of carbonyl (C=O) groups excluding carboxylic acids is 2. The summed E-state index contributed by atoms with van der Waals surface area (Å²) in [4.78, 5) is 24.8. The molecule has 15 heavy (non-hydrogen) atoms. The summed E-state index contributed by atoms with van der Waals surface area (Å²) >= 11 is 0. The highest BCUT2D eigenvalue weighted by Gasteiger charge is 2.40. The summed E-state index contributed by atoms with van der Waals surface area (Å²) in [7, 11) is 0. The topological polar surface area (TPSA) is 63.4 Å². The van der Waals surface area contributed by atoms with E-state index in [1.807, 2.05) is 0 Å². The third-order valence-corrected chi connectivity index (χ3v) is 3.35.